The van der Waals surface area contributed by atoms with Crippen LogP contribution in [0.5, 0.6) is 0 Å². The molecular weight excluding hydrogens is 344 g/mol. The van der Waals surface area contributed by atoms with Crippen LogP contribution < -0.4 is 5.32 Å². The number of esters is 1. The minimum absolute atomic E-state index is 0.0502. The van der Waals surface area contributed by atoms with Gasteiger partial charge in [0.1, 0.15) is 5.70 Å². The van der Waals surface area contributed by atoms with E-state index >= 15 is 0 Å². The van der Waals surface area contributed by atoms with Gasteiger partial charge in [-0.25, -0.2) is 4.79 Å². The van der Waals surface area contributed by atoms with Crippen LogP contribution in [-0.2, 0) is 19.1 Å². The van der Waals surface area contributed by atoms with Crippen molar-refractivity contribution in [2.75, 3.05) is 20.2 Å². The van der Waals surface area contributed by atoms with E-state index in [1.807, 2.05) is 36.1 Å². The number of carbonyl (C=O) groups is 3. The number of ether oxygens (including phenoxy) is 1. The minimum atomic E-state index is -0.574. The van der Waals surface area contributed by atoms with Crippen molar-refractivity contribution in [2.45, 2.75) is 32.1 Å². The monoisotopic (exact) mass is 366 g/mol. The largest absolute Gasteiger partial charge is 0.466 e. The normalized spacial score (nSPS) is 22.3. The number of allylic oxidation sites excluding steroid dienone is 2. The SMILES string of the molecule is COC(=O)C1=C2C(=O)NCCN2C2=C(C(=O)CCC2)[C@H]1c1cccc(C)c1. The van der Waals surface area contributed by atoms with Gasteiger partial charge in [0.05, 0.1) is 12.7 Å². The molecule has 0 bridgehead atoms. The molecule has 2 heterocycles. The van der Waals surface area contributed by atoms with E-state index < -0.39 is 11.9 Å². The van der Waals surface area contributed by atoms with Crippen LogP contribution in [0.1, 0.15) is 36.3 Å². The lowest BCUT2D eigenvalue weighted by atomic mass is 9.74. The number of aryl methyl sites for hydroxylation is 1. The molecule has 3 aliphatic rings. The van der Waals surface area contributed by atoms with E-state index in [2.05, 4.69) is 5.32 Å². The second-order valence-electron chi connectivity index (χ2n) is 7.15. The van der Waals surface area contributed by atoms with Gasteiger partial charge in [0, 0.05) is 36.7 Å². The van der Waals surface area contributed by atoms with Crippen molar-refractivity contribution in [1.82, 2.24) is 10.2 Å². The summed E-state index contributed by atoms with van der Waals surface area (Å²) in [6.45, 7) is 3.00. The third-order valence-electron chi connectivity index (χ3n) is 5.47. The molecule has 1 aromatic rings. The molecule has 1 amide bonds. The van der Waals surface area contributed by atoms with Crippen LogP contribution in [-0.4, -0.2) is 42.8 Å². The number of amides is 1. The van der Waals surface area contributed by atoms with Crippen molar-refractivity contribution in [3.05, 3.63) is 57.9 Å². The summed E-state index contributed by atoms with van der Waals surface area (Å²) < 4.78 is 5.05. The maximum Gasteiger partial charge on any atom is 0.337 e. The van der Waals surface area contributed by atoms with Gasteiger partial charge in [-0.2, -0.15) is 0 Å². The first-order valence-electron chi connectivity index (χ1n) is 9.24. The number of nitrogens with one attached hydrogen (secondary N) is 1. The number of rotatable bonds is 2. The molecule has 27 heavy (non-hydrogen) atoms. The molecule has 1 fully saturated rings. The summed E-state index contributed by atoms with van der Waals surface area (Å²) in [6, 6.07) is 7.75. The summed E-state index contributed by atoms with van der Waals surface area (Å²) in [5.41, 5.74) is 3.98. The Labute approximate surface area is 157 Å². The maximum atomic E-state index is 12.9. The molecule has 2 aliphatic heterocycles. The Morgan fingerprint density at radius 3 is 2.81 bits per heavy atom. The summed E-state index contributed by atoms with van der Waals surface area (Å²) in [5.74, 6) is -1.38. The van der Waals surface area contributed by atoms with E-state index in [1.165, 1.54) is 7.11 Å². The zero-order valence-corrected chi connectivity index (χ0v) is 15.5. The highest BCUT2D eigenvalue weighted by Gasteiger charge is 2.45. The van der Waals surface area contributed by atoms with Crippen molar-refractivity contribution < 1.29 is 19.1 Å². The fraction of sp³-hybridized carbons (Fsp3) is 0.381. The number of hydrogen-bond donors (Lipinski definition) is 1. The quantitative estimate of drug-likeness (QED) is 0.810. The standard InChI is InChI=1S/C21H22N2O4/c1-12-5-3-6-13(11-12)16-17-14(7-4-8-15(17)24)23-10-9-22-20(25)19(23)18(16)21(26)27-2/h3,5-6,11,16H,4,7-10H2,1-2H3,(H,22,25)/t16-/m1/s1. The number of carbonyl (C=O) groups excluding carboxylic acids is 3. The molecule has 1 N–H and O–H groups in total. The molecule has 0 radical (unpaired) electrons. The van der Waals surface area contributed by atoms with Gasteiger partial charge in [0.25, 0.3) is 5.91 Å². The zero-order chi connectivity index (χ0) is 19.1. The van der Waals surface area contributed by atoms with Crippen LogP contribution in [0.4, 0.5) is 0 Å². The lowest BCUT2D eigenvalue weighted by Gasteiger charge is -2.43. The Hall–Kier alpha value is -2.89. The van der Waals surface area contributed by atoms with Gasteiger partial charge >= 0.3 is 5.97 Å². The summed E-state index contributed by atoms with van der Waals surface area (Å²) in [4.78, 5) is 40.3. The average Bonchev–Trinajstić information content (AvgIpc) is 2.67. The second kappa shape index (κ2) is 6.68. The molecule has 0 unspecified atom stereocenters. The Bertz CT molecular complexity index is 913. The van der Waals surface area contributed by atoms with Crippen molar-refractivity contribution in [3.8, 4) is 0 Å². The van der Waals surface area contributed by atoms with E-state index in [0.717, 1.165) is 29.7 Å². The Morgan fingerprint density at radius 1 is 1.26 bits per heavy atom. The molecule has 1 atom stereocenters. The molecule has 1 saturated heterocycles. The lowest BCUT2D eigenvalue weighted by molar-refractivity contribution is -0.137. The van der Waals surface area contributed by atoms with Crippen LogP contribution in [0.15, 0.2) is 46.8 Å². The summed E-state index contributed by atoms with van der Waals surface area (Å²) >= 11 is 0. The van der Waals surface area contributed by atoms with Crippen LogP contribution in [0.25, 0.3) is 0 Å². The smallest absolute Gasteiger partial charge is 0.337 e. The molecule has 1 aromatic carbocycles. The predicted molar refractivity (Wildman–Crippen MR) is 98.6 cm³/mol. The topological polar surface area (TPSA) is 75.7 Å². The van der Waals surface area contributed by atoms with Gasteiger partial charge in [-0.3, -0.25) is 9.59 Å². The van der Waals surface area contributed by atoms with Crippen molar-refractivity contribution in [3.63, 3.8) is 0 Å². The number of Topliss-reactive ketones (excluding diaryl/α,β-unsaturated/α-hetero) is 1. The van der Waals surface area contributed by atoms with Gasteiger partial charge in [0.15, 0.2) is 5.78 Å². The van der Waals surface area contributed by atoms with Crippen LogP contribution in [0, 0.1) is 6.92 Å². The van der Waals surface area contributed by atoms with Crippen LogP contribution >= 0.6 is 0 Å². The van der Waals surface area contributed by atoms with Gasteiger partial charge < -0.3 is 15.0 Å². The summed E-state index contributed by atoms with van der Waals surface area (Å²) in [5, 5.41) is 2.83. The Balaban J connectivity index is 2.02. The minimum Gasteiger partial charge on any atom is -0.466 e. The van der Waals surface area contributed by atoms with Gasteiger partial charge in [0.2, 0.25) is 0 Å². The first-order chi connectivity index (χ1) is 13.0. The molecule has 0 aromatic heterocycles. The molecule has 0 spiro atoms. The second-order valence-corrected chi connectivity index (χ2v) is 7.15. The lowest BCUT2D eigenvalue weighted by Crippen LogP contribution is -2.50. The van der Waals surface area contributed by atoms with Crippen molar-refractivity contribution in [2.24, 2.45) is 0 Å². The molecule has 6 heteroatoms. The third-order valence-corrected chi connectivity index (χ3v) is 5.47. The molecule has 6 nitrogen and oxygen atoms in total. The Morgan fingerprint density at radius 2 is 2.07 bits per heavy atom. The number of ketones is 1. The number of piperazine rings is 1. The van der Waals surface area contributed by atoms with E-state index in [1.54, 1.807) is 0 Å². The summed E-state index contributed by atoms with van der Waals surface area (Å²) in [6.07, 6.45) is 1.96. The zero-order valence-electron chi connectivity index (χ0n) is 15.5. The fourth-order valence-electron chi connectivity index (χ4n) is 4.38. The van der Waals surface area contributed by atoms with E-state index in [0.29, 0.717) is 30.8 Å². The van der Waals surface area contributed by atoms with Gasteiger partial charge in [-0.15, -0.1) is 0 Å². The maximum absolute atomic E-state index is 12.9. The highest BCUT2D eigenvalue weighted by atomic mass is 16.5. The summed E-state index contributed by atoms with van der Waals surface area (Å²) in [7, 11) is 1.31. The average molecular weight is 366 g/mol. The fourth-order valence-corrected chi connectivity index (χ4v) is 4.38. The van der Waals surface area contributed by atoms with Crippen molar-refractivity contribution in [1.29, 1.82) is 0 Å². The third kappa shape index (κ3) is 2.76. The van der Waals surface area contributed by atoms with E-state index in [4.69, 9.17) is 4.74 Å². The first kappa shape index (κ1) is 17.5. The Kier molecular flexibility index (Phi) is 4.34. The van der Waals surface area contributed by atoms with Crippen molar-refractivity contribution >= 4 is 17.7 Å². The molecule has 1 aliphatic carbocycles. The number of fused-ring (bicyclic) bond motifs is 2. The number of hydrogen-bond acceptors (Lipinski definition) is 5. The van der Waals surface area contributed by atoms with E-state index in [-0.39, 0.29) is 17.3 Å². The van der Waals surface area contributed by atoms with Crippen LogP contribution in [0.2, 0.25) is 0 Å². The highest BCUT2D eigenvalue weighted by molar-refractivity contribution is 6.09. The molecule has 4 rings (SSSR count). The van der Waals surface area contributed by atoms with Gasteiger partial charge in [-0.05, 0) is 25.3 Å². The molecule has 0 saturated carbocycles. The van der Waals surface area contributed by atoms with E-state index in [9.17, 15) is 14.4 Å². The number of methoxy groups -OCH3 is 1. The number of benzene rings is 1. The van der Waals surface area contributed by atoms with Gasteiger partial charge in [-0.1, -0.05) is 29.8 Å². The predicted octanol–water partition coefficient (Wildman–Crippen LogP) is 1.96. The molecular formula is C21H22N2O4. The highest BCUT2D eigenvalue weighted by Crippen LogP contribution is 2.46. The van der Waals surface area contributed by atoms with Crippen LogP contribution in [0.3, 0.4) is 0 Å². The molecule has 140 valence electrons. The number of nitrogens with zero attached hydrogens (tertiary/aromatic N) is 1. The first-order valence-corrected chi connectivity index (χ1v) is 9.24.